The summed E-state index contributed by atoms with van der Waals surface area (Å²) in [5, 5.41) is 39.5. The van der Waals surface area contributed by atoms with Crippen molar-refractivity contribution in [2.75, 3.05) is 158 Å². The van der Waals surface area contributed by atoms with E-state index in [1.54, 1.807) is 53.4 Å². The summed E-state index contributed by atoms with van der Waals surface area (Å²) in [6, 6.07) is -3.06. The monoisotopic (exact) mass is 1930 g/mol. The SMILES string of the molecule is CCC1O[C@H](OCCOCCOCCn2cc(COCC(COCc3cn(CCOCCOCCO[C@H]4OC(CC)[C@@H](OC(C)=O)C(OC(C)=O)[C@H]4NC(C)=O)nn3)(COCc3cn(CCOCCOCCO[C@H]4OC(CC)[C@@H](OC(C)=O)C(OC(C)=O)[C@H]4NC(C)=O)nn3)NC(=O)CCOCCOCCNC(=O)CCN3C(=O)C=CC3=O)nn2)[C@H](NC(C)=O)C(OC(C)=O)[C@@H]1OC(C)=O. The Morgan fingerprint density at radius 1 is 0.348 bits per heavy atom. The minimum Gasteiger partial charge on any atom is -0.456 e. The predicted molar refractivity (Wildman–Crippen MR) is 455 cm³/mol. The molecule has 3 aromatic heterocycles. The van der Waals surface area contributed by atoms with Gasteiger partial charge in [0.2, 0.25) is 29.5 Å². The molecule has 0 aromatic carbocycles. The summed E-state index contributed by atoms with van der Waals surface area (Å²) >= 11 is 0. The molecule has 0 spiro atoms. The highest BCUT2D eigenvalue weighted by atomic mass is 16.7. The molecule has 51 nitrogen and oxygen atoms in total. The Morgan fingerprint density at radius 3 is 0.941 bits per heavy atom. The van der Waals surface area contributed by atoms with Gasteiger partial charge in [0.1, 0.15) is 59.1 Å². The van der Waals surface area contributed by atoms with Crippen LogP contribution in [0.25, 0.3) is 0 Å². The molecule has 4 aliphatic rings. The Kier molecular flexibility index (Phi) is 50.6. The molecule has 6 unspecified atom stereocenters. The summed E-state index contributed by atoms with van der Waals surface area (Å²) in [6.45, 7) is 18.5. The summed E-state index contributed by atoms with van der Waals surface area (Å²) < 4.78 is 139. The van der Waals surface area contributed by atoms with E-state index in [9.17, 15) is 62.3 Å². The molecule has 3 fully saturated rings. The van der Waals surface area contributed by atoms with Crippen molar-refractivity contribution in [1.82, 2.24) is 76.5 Å². The molecule has 3 saturated heterocycles. The van der Waals surface area contributed by atoms with Gasteiger partial charge in [0.15, 0.2) is 55.5 Å². The number of nitrogens with one attached hydrogen (secondary N) is 5. The molecule has 4 aliphatic heterocycles. The fraction of sp³-hybridized carbons (Fsp3) is 0.750. The van der Waals surface area contributed by atoms with Crippen LogP contribution in [0.1, 0.15) is 132 Å². The summed E-state index contributed by atoms with van der Waals surface area (Å²) in [5.74, 6) is -7.10. The molecule has 3 aromatic rings. The molecule has 0 aliphatic carbocycles. The van der Waals surface area contributed by atoms with Crippen LogP contribution in [0, 0.1) is 0 Å². The predicted octanol–water partition coefficient (Wildman–Crippen LogP) is -2.22. The molecule has 15 atom stereocenters. The number of rotatable bonds is 67. The topological polar surface area (TPSA) is 590 Å². The van der Waals surface area contributed by atoms with E-state index in [0.29, 0.717) is 36.3 Å². The van der Waals surface area contributed by atoms with Crippen molar-refractivity contribution in [3.8, 4) is 0 Å². The molecule has 135 heavy (non-hydrogen) atoms. The number of aromatic nitrogens is 9. The van der Waals surface area contributed by atoms with E-state index in [-0.39, 0.29) is 217 Å². The maximum absolute atomic E-state index is 14.2. The Morgan fingerprint density at radius 2 is 0.637 bits per heavy atom. The number of imide groups is 1. The lowest BCUT2D eigenvalue weighted by molar-refractivity contribution is -0.273. The molecule has 7 heterocycles. The average Bonchev–Trinajstić information content (AvgIpc) is 1.03. The fourth-order valence-electron chi connectivity index (χ4n) is 14.3. The normalized spacial score (nSPS) is 22.5. The number of esters is 6. The smallest absolute Gasteiger partial charge is 0.303 e. The molecule has 0 saturated carbocycles. The van der Waals surface area contributed by atoms with Crippen LogP contribution in [-0.2, 0) is 211 Å². The van der Waals surface area contributed by atoms with E-state index in [1.165, 1.54) is 62.3 Å². The van der Waals surface area contributed by atoms with Crippen molar-refractivity contribution >= 4 is 77.2 Å². The zero-order valence-electron chi connectivity index (χ0n) is 78.5. The minimum absolute atomic E-state index is 0.00332. The molecule has 51 heteroatoms. The first kappa shape index (κ1) is 112. The average molecular weight is 1930 g/mol. The molecule has 7 rings (SSSR count). The van der Waals surface area contributed by atoms with E-state index >= 15 is 0 Å². The van der Waals surface area contributed by atoms with E-state index in [2.05, 4.69) is 57.5 Å². The number of amides is 7. The van der Waals surface area contributed by atoms with E-state index in [0.717, 1.165) is 17.1 Å². The highest BCUT2D eigenvalue weighted by Crippen LogP contribution is 2.33. The van der Waals surface area contributed by atoms with Gasteiger partial charge in [-0.05, 0) is 19.3 Å². The van der Waals surface area contributed by atoms with Crippen molar-refractivity contribution < 1.29 is 171 Å². The lowest BCUT2D eigenvalue weighted by Gasteiger charge is -2.45. The zero-order chi connectivity index (χ0) is 98.0. The van der Waals surface area contributed by atoms with Crippen molar-refractivity contribution in [2.45, 2.75) is 252 Å². The van der Waals surface area contributed by atoms with Gasteiger partial charge in [0, 0.05) is 100 Å². The van der Waals surface area contributed by atoms with Crippen LogP contribution in [0.3, 0.4) is 0 Å². The van der Waals surface area contributed by atoms with Gasteiger partial charge in [-0.2, -0.15) is 0 Å². The molecule has 758 valence electrons. The molecular formula is C84H131N15O36. The quantitative estimate of drug-likeness (QED) is 0.0173. The number of carbonyl (C=O) groups excluding carboxylic acids is 13. The van der Waals surface area contributed by atoms with Gasteiger partial charge in [-0.1, -0.05) is 36.4 Å². The highest BCUT2D eigenvalue weighted by molar-refractivity contribution is 6.13. The van der Waals surface area contributed by atoms with Gasteiger partial charge in [-0.15, -0.1) is 15.3 Å². The molecule has 7 amide bonds. The fourth-order valence-corrected chi connectivity index (χ4v) is 14.3. The van der Waals surface area contributed by atoms with Gasteiger partial charge in [-0.3, -0.25) is 67.2 Å². The maximum atomic E-state index is 14.2. The van der Waals surface area contributed by atoms with Crippen LogP contribution in [-0.4, -0.2) is 383 Å². The summed E-state index contributed by atoms with van der Waals surface area (Å²) in [4.78, 5) is 161. The number of hydrogen-bond acceptors (Lipinski definition) is 42. The van der Waals surface area contributed by atoms with E-state index < -0.39 is 169 Å². The van der Waals surface area contributed by atoms with Gasteiger partial charge < -0.3 is 136 Å². The van der Waals surface area contributed by atoms with E-state index in [1.807, 2.05) is 0 Å². The van der Waals surface area contributed by atoms with Gasteiger partial charge >= 0.3 is 35.8 Å². The molecule has 5 N–H and O–H groups in total. The highest BCUT2D eigenvalue weighted by Gasteiger charge is 2.54. The van der Waals surface area contributed by atoms with Crippen molar-refractivity contribution in [2.24, 2.45) is 0 Å². The molecule has 0 bridgehead atoms. The zero-order valence-corrected chi connectivity index (χ0v) is 78.5. The summed E-state index contributed by atoms with van der Waals surface area (Å²) in [5.41, 5.74) is -0.236. The van der Waals surface area contributed by atoms with E-state index in [4.69, 9.17) is 109 Å². The summed E-state index contributed by atoms with van der Waals surface area (Å²) in [6.07, 6.45) is -3.72. The maximum Gasteiger partial charge on any atom is 0.303 e. The third-order valence-electron chi connectivity index (χ3n) is 20.0. The van der Waals surface area contributed by atoms with Crippen molar-refractivity contribution in [3.63, 3.8) is 0 Å². The van der Waals surface area contributed by atoms with Gasteiger partial charge in [-0.25, -0.2) is 14.0 Å². The minimum atomic E-state index is -1.46. The van der Waals surface area contributed by atoms with Gasteiger partial charge in [0.25, 0.3) is 11.8 Å². The third kappa shape index (κ3) is 41.3. The Labute approximate surface area is 780 Å². The Bertz CT molecular complexity index is 3840. The number of nitrogens with zero attached hydrogens (tertiary/aromatic N) is 10. The van der Waals surface area contributed by atoms with Crippen LogP contribution in [0.15, 0.2) is 30.7 Å². The third-order valence-corrected chi connectivity index (χ3v) is 20.0. The lowest BCUT2D eigenvalue weighted by atomic mass is 9.94. The second kappa shape index (κ2) is 61.1. The Hall–Kier alpha value is -10.2. The van der Waals surface area contributed by atoms with Crippen molar-refractivity contribution in [1.29, 1.82) is 0 Å². The van der Waals surface area contributed by atoms with Crippen LogP contribution < -0.4 is 26.6 Å². The summed E-state index contributed by atoms with van der Waals surface area (Å²) in [7, 11) is 0. The van der Waals surface area contributed by atoms with Crippen LogP contribution in [0.4, 0.5) is 0 Å². The second-order valence-corrected chi connectivity index (χ2v) is 31.2. The van der Waals surface area contributed by atoms with Crippen molar-refractivity contribution in [3.05, 3.63) is 47.8 Å². The first-order valence-electron chi connectivity index (χ1n) is 44.7. The van der Waals surface area contributed by atoms with Gasteiger partial charge in [0.05, 0.1) is 203 Å². The molecular weight excluding hydrogens is 1790 g/mol. The first-order valence-corrected chi connectivity index (χ1v) is 44.7. The number of ether oxygens (including phenoxy) is 23. The number of carbonyl (C=O) groups is 13. The number of hydrogen-bond donors (Lipinski definition) is 5. The van der Waals surface area contributed by atoms with Crippen LogP contribution >= 0.6 is 0 Å². The van der Waals surface area contributed by atoms with Crippen LogP contribution in [0.5, 0.6) is 0 Å². The lowest BCUT2D eigenvalue weighted by Crippen LogP contribution is -2.65. The largest absolute Gasteiger partial charge is 0.456 e. The second-order valence-electron chi connectivity index (χ2n) is 31.2. The molecule has 0 radical (unpaired) electrons. The standard InChI is InChI=1S/C84H131N15O36/c1-13-65-75(127-56(7)103)78(130-59(10)106)72(86-53(4)100)81(133-65)124-41-38-118-35-32-115-27-22-96-44-62(90-93-96)47-121-50-84(89-69(110)19-25-113-30-31-114-26-20-85-68(109)18-21-99-70(111)16-17-71(99)112,51-122-48-63-45-97(94-91-63)23-28-116-33-36-119-39-42-125-82-73(87-54(5)101)79(131-60(11)107)76(128-57(8)104)66(14-2)134-82)52-123-49-64-46-98(95-92-64)24-29-117-34-37-120-40-43-126-83-74(88-55(6)102)80(132-61(12)108)77(129-58(9)105)67(15-3)135-83/h16-17,44-46,65-67,72-83H,13-15,18-43,47-52H2,1-12H3,(H,85,109)(H,86,100)(H,87,101)(H,88,102)(H,89,110)/t65?,66?,67?,72-,73-,74-,75-,76-,77-,78?,79?,80?,81+,82+,83+,84?/m1/s1. The van der Waals surface area contributed by atoms with Crippen LogP contribution in [0.2, 0.25) is 0 Å². The Balaban J connectivity index is 0.945. The first-order chi connectivity index (χ1) is 64.9.